The average Bonchev–Trinajstić information content (AvgIpc) is 3.18. The minimum Gasteiger partial charge on any atom is -0.469 e. The third kappa shape index (κ3) is 7.83. The van der Waals surface area contributed by atoms with Crippen LogP contribution in [0.25, 0.3) is 0 Å². The van der Waals surface area contributed by atoms with Gasteiger partial charge in [-0.25, -0.2) is 0 Å². The Morgan fingerprint density at radius 1 is 1.39 bits per heavy atom. The van der Waals surface area contributed by atoms with E-state index in [-0.39, 0.29) is 28.7 Å². The van der Waals surface area contributed by atoms with E-state index in [1.54, 1.807) is 6.26 Å². The maximum absolute atomic E-state index is 5.38. The lowest BCUT2D eigenvalue weighted by Crippen LogP contribution is -2.43. The van der Waals surface area contributed by atoms with E-state index in [0.29, 0.717) is 6.04 Å². The number of furan rings is 1. The van der Waals surface area contributed by atoms with Gasteiger partial charge in [-0.1, -0.05) is 12.8 Å². The number of aliphatic imine (C=N–C) groups is 1. The lowest BCUT2D eigenvalue weighted by Gasteiger charge is -2.22. The topological polar surface area (TPSA) is 49.6 Å². The van der Waals surface area contributed by atoms with Crippen molar-refractivity contribution in [2.24, 2.45) is 4.99 Å². The van der Waals surface area contributed by atoms with E-state index in [9.17, 15) is 0 Å². The second-order valence-corrected chi connectivity index (χ2v) is 8.02. The van der Waals surface area contributed by atoms with Crippen LogP contribution in [0.2, 0.25) is 0 Å². The van der Waals surface area contributed by atoms with Gasteiger partial charge < -0.3 is 15.1 Å². The lowest BCUT2D eigenvalue weighted by molar-refractivity contribution is 0.505. The highest BCUT2D eigenvalue weighted by atomic mass is 127. The summed E-state index contributed by atoms with van der Waals surface area (Å²) in [6, 6.07) is 4.52. The zero-order valence-electron chi connectivity index (χ0n) is 14.4. The first-order valence-corrected chi connectivity index (χ1v) is 9.44. The van der Waals surface area contributed by atoms with Gasteiger partial charge in [-0.2, -0.15) is 11.8 Å². The Balaban J connectivity index is 0.00000264. The molecule has 0 spiro atoms. The van der Waals surface area contributed by atoms with Crippen LogP contribution in [0.4, 0.5) is 0 Å². The van der Waals surface area contributed by atoms with Crippen molar-refractivity contribution in [1.29, 1.82) is 0 Å². The third-order valence-corrected chi connectivity index (χ3v) is 5.34. The van der Waals surface area contributed by atoms with Crippen molar-refractivity contribution in [3.05, 3.63) is 24.2 Å². The highest BCUT2D eigenvalue weighted by Gasteiger charge is 2.18. The molecule has 0 bridgehead atoms. The van der Waals surface area contributed by atoms with Gasteiger partial charge in [0.1, 0.15) is 5.76 Å². The largest absolute Gasteiger partial charge is 0.469 e. The molecule has 1 saturated carbocycles. The van der Waals surface area contributed by atoms with E-state index in [1.165, 1.54) is 25.7 Å². The molecule has 4 nitrogen and oxygen atoms in total. The zero-order valence-corrected chi connectivity index (χ0v) is 17.6. The first-order valence-electron chi connectivity index (χ1n) is 8.21. The Kier molecular flexibility index (Phi) is 9.43. The molecule has 1 heterocycles. The van der Waals surface area contributed by atoms with Gasteiger partial charge >= 0.3 is 0 Å². The van der Waals surface area contributed by atoms with Gasteiger partial charge in [-0.3, -0.25) is 4.99 Å². The molecule has 2 rings (SSSR count). The van der Waals surface area contributed by atoms with Crippen molar-refractivity contribution in [3.63, 3.8) is 0 Å². The van der Waals surface area contributed by atoms with Crippen molar-refractivity contribution in [2.45, 2.75) is 56.7 Å². The predicted molar refractivity (Wildman–Crippen MR) is 111 cm³/mol. The van der Waals surface area contributed by atoms with Crippen molar-refractivity contribution >= 4 is 41.7 Å². The first kappa shape index (κ1) is 20.7. The summed E-state index contributed by atoms with van der Waals surface area (Å²) in [5.41, 5.74) is 0. The van der Waals surface area contributed by atoms with E-state index < -0.39 is 0 Å². The summed E-state index contributed by atoms with van der Waals surface area (Å²) in [7, 11) is 0. The number of nitrogens with one attached hydrogen (secondary N) is 2. The molecule has 0 aromatic carbocycles. The molecule has 6 heteroatoms. The van der Waals surface area contributed by atoms with Gasteiger partial charge in [-0.15, -0.1) is 24.0 Å². The summed E-state index contributed by atoms with van der Waals surface area (Å²) in [5, 5.41) is 7.04. The molecule has 0 saturated heterocycles. The standard InChI is InChI=1S/C17H29N3OS.HI/c1-17(2,22-3)13-19-16(20-14-7-4-5-8-14)18-11-10-15-9-6-12-21-15;/h6,9,12,14H,4-5,7-8,10-11,13H2,1-3H3,(H2,18,19,20);1H. The highest BCUT2D eigenvalue weighted by Crippen LogP contribution is 2.21. The van der Waals surface area contributed by atoms with Crippen LogP contribution in [0.15, 0.2) is 27.8 Å². The summed E-state index contributed by atoms with van der Waals surface area (Å²) in [4.78, 5) is 4.79. The van der Waals surface area contributed by atoms with Gasteiger partial charge in [0.15, 0.2) is 5.96 Å². The normalized spacial score (nSPS) is 16.2. The first-order chi connectivity index (χ1) is 10.6. The number of halogens is 1. The van der Waals surface area contributed by atoms with Crippen LogP contribution < -0.4 is 10.6 Å². The molecule has 0 atom stereocenters. The van der Waals surface area contributed by atoms with Gasteiger partial charge in [0, 0.05) is 23.8 Å². The second kappa shape index (κ2) is 10.5. The monoisotopic (exact) mass is 451 g/mol. The Hall–Kier alpha value is -0.370. The fourth-order valence-corrected chi connectivity index (χ4v) is 2.70. The van der Waals surface area contributed by atoms with Crippen LogP contribution >= 0.6 is 35.7 Å². The van der Waals surface area contributed by atoms with Crippen LogP contribution in [-0.4, -0.2) is 36.1 Å². The van der Waals surface area contributed by atoms with Crippen LogP contribution in [0.1, 0.15) is 45.3 Å². The van der Waals surface area contributed by atoms with Crippen molar-refractivity contribution in [3.8, 4) is 0 Å². The highest BCUT2D eigenvalue weighted by molar-refractivity contribution is 14.0. The lowest BCUT2D eigenvalue weighted by atomic mass is 10.2. The summed E-state index contributed by atoms with van der Waals surface area (Å²) < 4.78 is 5.55. The molecule has 1 aliphatic rings. The van der Waals surface area contributed by atoms with Gasteiger partial charge in [-0.05, 0) is 45.1 Å². The number of thioether (sulfide) groups is 1. The fourth-order valence-electron chi connectivity index (χ4n) is 2.51. The zero-order chi connectivity index (χ0) is 15.8. The number of rotatable bonds is 7. The van der Waals surface area contributed by atoms with E-state index >= 15 is 0 Å². The average molecular weight is 451 g/mol. The minimum absolute atomic E-state index is 0. The number of nitrogens with zero attached hydrogens (tertiary/aromatic N) is 1. The van der Waals surface area contributed by atoms with E-state index in [1.807, 2.05) is 23.9 Å². The van der Waals surface area contributed by atoms with Crippen LogP contribution in [0.5, 0.6) is 0 Å². The summed E-state index contributed by atoms with van der Waals surface area (Å²) in [6.45, 7) is 6.12. The molecule has 1 aromatic heterocycles. The Morgan fingerprint density at radius 3 is 2.74 bits per heavy atom. The maximum Gasteiger partial charge on any atom is 0.191 e. The number of hydrogen-bond acceptors (Lipinski definition) is 3. The maximum atomic E-state index is 5.38. The van der Waals surface area contributed by atoms with Crippen LogP contribution in [-0.2, 0) is 6.42 Å². The molecule has 1 aliphatic carbocycles. The third-order valence-electron chi connectivity index (χ3n) is 4.11. The Bertz CT molecular complexity index is 456. The Labute approximate surface area is 161 Å². The van der Waals surface area contributed by atoms with Crippen molar-refractivity contribution in [1.82, 2.24) is 10.6 Å². The van der Waals surface area contributed by atoms with Crippen LogP contribution in [0.3, 0.4) is 0 Å². The van der Waals surface area contributed by atoms with Gasteiger partial charge in [0.25, 0.3) is 0 Å². The van der Waals surface area contributed by atoms with Gasteiger partial charge in [0.2, 0.25) is 0 Å². The molecule has 0 aliphatic heterocycles. The smallest absolute Gasteiger partial charge is 0.191 e. The van der Waals surface area contributed by atoms with Crippen molar-refractivity contribution < 1.29 is 4.42 Å². The van der Waals surface area contributed by atoms with E-state index in [0.717, 1.165) is 31.2 Å². The second-order valence-electron chi connectivity index (χ2n) is 6.51. The fraction of sp³-hybridized carbons (Fsp3) is 0.706. The molecule has 0 unspecified atom stereocenters. The summed E-state index contributed by atoms with van der Waals surface area (Å²) in [5.74, 6) is 1.96. The molecule has 23 heavy (non-hydrogen) atoms. The van der Waals surface area contributed by atoms with Gasteiger partial charge in [0.05, 0.1) is 12.8 Å². The molecule has 1 fully saturated rings. The van der Waals surface area contributed by atoms with E-state index in [4.69, 9.17) is 9.41 Å². The number of hydrogen-bond donors (Lipinski definition) is 2. The molecular weight excluding hydrogens is 421 g/mol. The molecular formula is C17H30IN3OS. The minimum atomic E-state index is 0. The van der Waals surface area contributed by atoms with E-state index in [2.05, 4.69) is 30.7 Å². The molecule has 2 N–H and O–H groups in total. The quantitative estimate of drug-likeness (QED) is 0.373. The van der Waals surface area contributed by atoms with Crippen molar-refractivity contribution in [2.75, 3.05) is 19.3 Å². The molecule has 1 aromatic rings. The predicted octanol–water partition coefficient (Wildman–Crippen LogP) is 4.06. The number of guanidine groups is 1. The van der Waals surface area contributed by atoms with Crippen LogP contribution in [0, 0.1) is 0 Å². The summed E-state index contributed by atoms with van der Waals surface area (Å²) >= 11 is 1.86. The summed E-state index contributed by atoms with van der Waals surface area (Å²) in [6.07, 6.45) is 9.91. The molecule has 0 amide bonds. The Morgan fingerprint density at radius 2 is 2.13 bits per heavy atom. The molecule has 132 valence electrons. The SMILES string of the molecule is CSC(C)(C)CN=C(NCCc1ccco1)NC1CCCC1.I. The molecule has 0 radical (unpaired) electrons.